The molecule has 0 aliphatic heterocycles. The molecule has 0 aliphatic carbocycles. The number of amides is 1. The van der Waals surface area contributed by atoms with E-state index in [0.717, 1.165) is 16.0 Å². The smallest absolute Gasteiger partial charge is 0.253 e. The van der Waals surface area contributed by atoms with E-state index in [9.17, 15) is 4.79 Å². The minimum Gasteiger partial charge on any atom is -0.384 e. The first kappa shape index (κ1) is 15.3. The zero-order valence-electron chi connectivity index (χ0n) is 12.1. The van der Waals surface area contributed by atoms with E-state index in [1.807, 2.05) is 42.6 Å². The number of aliphatic hydroxyl groups is 1. The van der Waals surface area contributed by atoms with Crippen molar-refractivity contribution in [1.29, 1.82) is 0 Å². The van der Waals surface area contributed by atoms with Crippen molar-refractivity contribution in [3.63, 3.8) is 0 Å². The van der Waals surface area contributed by atoms with Crippen LogP contribution in [-0.2, 0) is 6.54 Å². The Labute approximate surface area is 128 Å². The average Bonchev–Trinajstić information content (AvgIpc) is 2.92. The highest BCUT2D eigenvalue weighted by molar-refractivity contribution is 7.10. The number of nitrogens with zero attached hydrogens (tertiary/aromatic N) is 1. The summed E-state index contributed by atoms with van der Waals surface area (Å²) in [6.07, 6.45) is 0. The predicted octanol–water partition coefficient (Wildman–Crippen LogP) is 2.67. The second-order valence-electron chi connectivity index (χ2n) is 4.81. The first-order chi connectivity index (χ1) is 10.1. The van der Waals surface area contributed by atoms with Gasteiger partial charge in [-0.15, -0.1) is 11.3 Å². The molecule has 108 valence electrons. The topological polar surface area (TPSA) is 40.5 Å². The van der Waals surface area contributed by atoms with Gasteiger partial charge in [0.2, 0.25) is 0 Å². The van der Waals surface area contributed by atoms with Crippen molar-refractivity contribution in [2.24, 2.45) is 0 Å². The molecule has 1 amide bonds. The van der Waals surface area contributed by atoms with Crippen molar-refractivity contribution in [2.75, 3.05) is 13.7 Å². The van der Waals surface area contributed by atoms with Crippen LogP contribution in [0.2, 0.25) is 0 Å². The maximum atomic E-state index is 12.3. The maximum absolute atomic E-state index is 12.3. The summed E-state index contributed by atoms with van der Waals surface area (Å²) < 4.78 is 0. The summed E-state index contributed by atoms with van der Waals surface area (Å²) in [5.41, 5.74) is 2.88. The Morgan fingerprint density at radius 2 is 2.05 bits per heavy atom. The Bertz CT molecular complexity index is 677. The number of thiophene rings is 1. The van der Waals surface area contributed by atoms with Gasteiger partial charge in [-0.25, -0.2) is 0 Å². The third kappa shape index (κ3) is 4.19. The average molecular weight is 299 g/mol. The molecule has 4 heteroatoms. The lowest BCUT2D eigenvalue weighted by molar-refractivity contribution is 0.0785. The summed E-state index contributed by atoms with van der Waals surface area (Å²) >= 11 is 1.52. The van der Waals surface area contributed by atoms with E-state index in [-0.39, 0.29) is 12.5 Å². The molecule has 1 N–H and O–H groups in total. The van der Waals surface area contributed by atoms with E-state index in [1.54, 1.807) is 11.9 Å². The number of hydrogen-bond acceptors (Lipinski definition) is 3. The molecule has 2 aromatic rings. The largest absolute Gasteiger partial charge is 0.384 e. The van der Waals surface area contributed by atoms with Crippen LogP contribution in [0.1, 0.15) is 26.4 Å². The van der Waals surface area contributed by atoms with E-state index in [2.05, 4.69) is 11.8 Å². The van der Waals surface area contributed by atoms with Gasteiger partial charge < -0.3 is 10.0 Å². The molecule has 0 aliphatic rings. The lowest BCUT2D eigenvalue weighted by Crippen LogP contribution is -2.25. The lowest BCUT2D eigenvalue weighted by atomic mass is 10.1. The quantitative estimate of drug-likeness (QED) is 0.885. The van der Waals surface area contributed by atoms with Crippen LogP contribution in [-0.4, -0.2) is 29.6 Å². The van der Waals surface area contributed by atoms with Crippen LogP contribution in [0, 0.1) is 18.8 Å². The number of carbonyl (C=O) groups excluding carboxylic acids is 1. The SMILES string of the molecule is Cc1ccc(C(=O)N(C)Cc2csc(C#CCO)c2)cc1. The summed E-state index contributed by atoms with van der Waals surface area (Å²) in [6, 6.07) is 9.52. The highest BCUT2D eigenvalue weighted by Crippen LogP contribution is 2.16. The van der Waals surface area contributed by atoms with E-state index >= 15 is 0 Å². The molecule has 0 saturated carbocycles. The zero-order valence-corrected chi connectivity index (χ0v) is 12.9. The minimum atomic E-state index is -0.140. The van der Waals surface area contributed by atoms with Gasteiger partial charge in [-0.05, 0) is 36.1 Å². The van der Waals surface area contributed by atoms with Crippen molar-refractivity contribution in [3.8, 4) is 11.8 Å². The van der Waals surface area contributed by atoms with Gasteiger partial charge in [0.05, 0.1) is 4.88 Å². The zero-order chi connectivity index (χ0) is 15.2. The van der Waals surface area contributed by atoms with Crippen LogP contribution in [0.3, 0.4) is 0 Å². The van der Waals surface area contributed by atoms with E-state index in [1.165, 1.54) is 11.3 Å². The summed E-state index contributed by atoms with van der Waals surface area (Å²) in [4.78, 5) is 14.9. The molecule has 0 bridgehead atoms. The van der Waals surface area contributed by atoms with Crippen LogP contribution < -0.4 is 0 Å². The van der Waals surface area contributed by atoms with Crippen LogP contribution >= 0.6 is 11.3 Å². The van der Waals surface area contributed by atoms with Gasteiger partial charge in [-0.1, -0.05) is 29.5 Å². The predicted molar refractivity (Wildman–Crippen MR) is 85.3 cm³/mol. The van der Waals surface area contributed by atoms with Gasteiger partial charge in [0.25, 0.3) is 5.91 Å². The van der Waals surface area contributed by atoms with Crippen LogP contribution in [0.4, 0.5) is 0 Å². The second-order valence-corrected chi connectivity index (χ2v) is 5.72. The monoisotopic (exact) mass is 299 g/mol. The summed E-state index contributed by atoms with van der Waals surface area (Å²) in [5.74, 6) is 5.49. The van der Waals surface area contributed by atoms with Crippen molar-refractivity contribution in [2.45, 2.75) is 13.5 Å². The molecule has 2 rings (SSSR count). The molecule has 0 atom stereocenters. The molecule has 1 aromatic heterocycles. The van der Waals surface area contributed by atoms with Gasteiger partial charge in [-0.3, -0.25) is 4.79 Å². The molecule has 21 heavy (non-hydrogen) atoms. The first-order valence-electron chi connectivity index (χ1n) is 6.59. The highest BCUT2D eigenvalue weighted by atomic mass is 32.1. The van der Waals surface area contributed by atoms with Gasteiger partial charge >= 0.3 is 0 Å². The maximum Gasteiger partial charge on any atom is 0.253 e. The Balaban J connectivity index is 2.03. The molecule has 0 unspecified atom stereocenters. The molecule has 0 radical (unpaired) electrons. The molecule has 1 heterocycles. The Morgan fingerprint density at radius 3 is 2.71 bits per heavy atom. The van der Waals surface area contributed by atoms with Crippen molar-refractivity contribution in [3.05, 3.63) is 57.3 Å². The number of hydrogen-bond donors (Lipinski definition) is 1. The molecule has 0 saturated heterocycles. The number of aliphatic hydroxyl groups excluding tert-OH is 1. The van der Waals surface area contributed by atoms with Gasteiger partial charge in [0.15, 0.2) is 0 Å². The molecular weight excluding hydrogens is 282 g/mol. The van der Waals surface area contributed by atoms with Crippen molar-refractivity contribution < 1.29 is 9.90 Å². The number of carbonyl (C=O) groups is 1. The molecular formula is C17H17NO2S. The normalized spacial score (nSPS) is 9.86. The van der Waals surface area contributed by atoms with Crippen molar-refractivity contribution >= 4 is 17.2 Å². The van der Waals surface area contributed by atoms with Crippen molar-refractivity contribution in [1.82, 2.24) is 4.90 Å². The third-order valence-corrected chi connectivity index (χ3v) is 3.90. The van der Waals surface area contributed by atoms with E-state index in [4.69, 9.17) is 5.11 Å². The fourth-order valence-corrected chi connectivity index (χ4v) is 2.68. The van der Waals surface area contributed by atoms with Gasteiger partial charge in [0.1, 0.15) is 6.61 Å². The summed E-state index contributed by atoms with van der Waals surface area (Å²) in [6.45, 7) is 2.40. The number of rotatable bonds is 3. The Morgan fingerprint density at radius 1 is 1.33 bits per heavy atom. The van der Waals surface area contributed by atoms with Crippen LogP contribution in [0.5, 0.6) is 0 Å². The lowest BCUT2D eigenvalue weighted by Gasteiger charge is -2.16. The minimum absolute atomic E-state index is 0.00388. The van der Waals surface area contributed by atoms with Crippen LogP contribution in [0.15, 0.2) is 35.7 Å². The fraction of sp³-hybridized carbons (Fsp3) is 0.235. The summed E-state index contributed by atoms with van der Waals surface area (Å²) in [7, 11) is 1.79. The van der Waals surface area contributed by atoms with E-state index < -0.39 is 0 Å². The fourth-order valence-electron chi connectivity index (χ4n) is 1.91. The standard InChI is InChI=1S/C17H17NO2S/c1-13-5-7-15(8-6-13)17(20)18(2)11-14-10-16(21-12-14)4-3-9-19/h5-8,10,12,19H,9,11H2,1-2H3. The summed E-state index contributed by atoms with van der Waals surface area (Å²) in [5, 5.41) is 10.7. The Kier molecular flexibility index (Phi) is 5.15. The van der Waals surface area contributed by atoms with E-state index in [0.29, 0.717) is 12.1 Å². The number of benzene rings is 1. The third-order valence-electron chi connectivity index (χ3n) is 3.01. The molecule has 0 fully saturated rings. The second kappa shape index (κ2) is 7.07. The Hall–Kier alpha value is -2.09. The molecule has 3 nitrogen and oxygen atoms in total. The van der Waals surface area contributed by atoms with Gasteiger partial charge in [-0.2, -0.15) is 0 Å². The van der Waals surface area contributed by atoms with Gasteiger partial charge in [0, 0.05) is 19.2 Å². The highest BCUT2D eigenvalue weighted by Gasteiger charge is 2.12. The molecule has 0 spiro atoms. The van der Waals surface area contributed by atoms with Crippen LogP contribution in [0.25, 0.3) is 0 Å². The number of aryl methyl sites for hydroxylation is 1. The molecule has 1 aromatic carbocycles. The first-order valence-corrected chi connectivity index (χ1v) is 7.47.